The van der Waals surface area contributed by atoms with E-state index in [1.165, 1.54) is 6.07 Å². The second kappa shape index (κ2) is 6.36. The van der Waals surface area contributed by atoms with Gasteiger partial charge in [0.15, 0.2) is 11.6 Å². The first-order valence-electron chi connectivity index (χ1n) is 5.89. The lowest BCUT2D eigenvalue weighted by molar-refractivity contribution is 0.0896. The summed E-state index contributed by atoms with van der Waals surface area (Å²) in [5.41, 5.74) is 0.845. The molecule has 0 amide bonds. The van der Waals surface area contributed by atoms with Crippen LogP contribution in [0.5, 0.6) is 5.75 Å². The summed E-state index contributed by atoms with van der Waals surface area (Å²) in [6.45, 7) is 1.35. The number of ether oxygens (including phenoxy) is 2. The number of halogens is 2. The van der Waals surface area contributed by atoms with Crippen LogP contribution in [0.15, 0.2) is 18.2 Å². The van der Waals surface area contributed by atoms with Crippen LogP contribution in [0.3, 0.4) is 0 Å². The van der Waals surface area contributed by atoms with Crippen molar-refractivity contribution in [2.45, 2.75) is 30.7 Å². The Morgan fingerprint density at radius 1 is 1.47 bits per heavy atom. The molecule has 0 aliphatic carbocycles. The number of rotatable bonds is 5. The van der Waals surface area contributed by atoms with Gasteiger partial charge in [-0.3, -0.25) is 0 Å². The maximum Gasteiger partial charge on any atom is 0.165 e. The minimum absolute atomic E-state index is 0.286. The van der Waals surface area contributed by atoms with E-state index < -0.39 is 0 Å². The van der Waals surface area contributed by atoms with Gasteiger partial charge in [0.05, 0.1) is 12.7 Å². The zero-order valence-electron chi connectivity index (χ0n) is 9.62. The zero-order chi connectivity index (χ0) is 12.1. The Balaban J connectivity index is 1.89. The maximum absolute atomic E-state index is 13.6. The molecule has 1 heterocycles. The predicted molar refractivity (Wildman–Crippen MR) is 68.1 cm³/mol. The van der Waals surface area contributed by atoms with Gasteiger partial charge in [0.25, 0.3) is 0 Å². The number of alkyl halides is 1. The molecule has 0 aromatic heterocycles. The SMILES string of the molecule is Fc1cccc(CBr)c1OCCC1CCCO1. The summed E-state index contributed by atoms with van der Waals surface area (Å²) in [5.74, 6) is 0.0664. The van der Waals surface area contributed by atoms with Crippen LogP contribution in [0, 0.1) is 5.82 Å². The fourth-order valence-corrected chi connectivity index (χ4v) is 2.43. The standard InChI is InChI=1S/C13H16BrFO2/c14-9-10-3-1-5-12(15)13(10)17-8-6-11-4-2-7-16-11/h1,3,5,11H,2,4,6-9H2. The Kier molecular flexibility index (Phi) is 4.80. The molecule has 0 spiro atoms. The van der Waals surface area contributed by atoms with Crippen LogP contribution in [0.4, 0.5) is 4.39 Å². The number of hydrogen-bond donors (Lipinski definition) is 0. The van der Waals surface area contributed by atoms with Crippen LogP contribution < -0.4 is 4.74 Å². The highest BCUT2D eigenvalue weighted by Gasteiger charge is 2.16. The van der Waals surface area contributed by atoms with Crippen molar-refractivity contribution in [2.75, 3.05) is 13.2 Å². The third kappa shape index (κ3) is 3.42. The van der Waals surface area contributed by atoms with E-state index in [9.17, 15) is 4.39 Å². The molecule has 1 fully saturated rings. The summed E-state index contributed by atoms with van der Waals surface area (Å²) >= 11 is 3.33. The normalized spacial score (nSPS) is 19.5. The van der Waals surface area contributed by atoms with E-state index in [1.54, 1.807) is 6.07 Å². The van der Waals surface area contributed by atoms with Crippen LogP contribution in [0.25, 0.3) is 0 Å². The van der Waals surface area contributed by atoms with Gasteiger partial charge in [-0.2, -0.15) is 0 Å². The topological polar surface area (TPSA) is 18.5 Å². The molecule has 1 aliphatic heterocycles. The van der Waals surface area contributed by atoms with Crippen molar-refractivity contribution in [1.82, 2.24) is 0 Å². The lowest BCUT2D eigenvalue weighted by Crippen LogP contribution is -2.11. The molecule has 1 saturated heterocycles. The molecule has 1 atom stereocenters. The third-order valence-electron chi connectivity index (χ3n) is 2.90. The predicted octanol–water partition coefficient (Wildman–Crippen LogP) is 3.67. The first kappa shape index (κ1) is 12.8. The molecule has 1 aromatic rings. The van der Waals surface area contributed by atoms with Gasteiger partial charge in [-0.15, -0.1) is 0 Å². The summed E-state index contributed by atoms with van der Waals surface area (Å²) in [6.07, 6.45) is 3.33. The van der Waals surface area contributed by atoms with Crippen LogP contribution in [-0.4, -0.2) is 19.3 Å². The number of para-hydroxylation sites is 1. The molecule has 0 bridgehead atoms. The molecule has 1 aliphatic rings. The summed E-state index contributed by atoms with van der Waals surface area (Å²) in [6, 6.07) is 4.98. The summed E-state index contributed by atoms with van der Waals surface area (Å²) < 4.78 is 24.6. The first-order valence-corrected chi connectivity index (χ1v) is 7.01. The zero-order valence-corrected chi connectivity index (χ0v) is 11.2. The molecule has 0 N–H and O–H groups in total. The molecule has 2 nitrogen and oxygen atoms in total. The molecule has 2 rings (SSSR count). The average molecular weight is 303 g/mol. The number of benzene rings is 1. The third-order valence-corrected chi connectivity index (χ3v) is 3.51. The Morgan fingerprint density at radius 3 is 3.06 bits per heavy atom. The van der Waals surface area contributed by atoms with Crippen LogP contribution in [0.1, 0.15) is 24.8 Å². The summed E-state index contributed by atoms with van der Waals surface area (Å²) in [7, 11) is 0. The van der Waals surface area contributed by atoms with E-state index in [-0.39, 0.29) is 11.9 Å². The highest BCUT2D eigenvalue weighted by Crippen LogP contribution is 2.25. The van der Waals surface area contributed by atoms with Gasteiger partial charge < -0.3 is 9.47 Å². The van der Waals surface area contributed by atoms with Gasteiger partial charge in [0.2, 0.25) is 0 Å². The van der Waals surface area contributed by atoms with Crippen molar-refractivity contribution in [3.63, 3.8) is 0 Å². The van der Waals surface area contributed by atoms with Crippen molar-refractivity contribution in [2.24, 2.45) is 0 Å². The lowest BCUT2D eigenvalue weighted by atomic mass is 10.2. The maximum atomic E-state index is 13.6. The van der Waals surface area contributed by atoms with Crippen molar-refractivity contribution in [1.29, 1.82) is 0 Å². The lowest BCUT2D eigenvalue weighted by Gasteiger charge is -2.13. The molecular formula is C13H16BrFO2. The van der Waals surface area contributed by atoms with Crippen molar-refractivity contribution in [3.05, 3.63) is 29.6 Å². The quantitative estimate of drug-likeness (QED) is 0.773. The fraction of sp³-hybridized carbons (Fsp3) is 0.538. The molecular weight excluding hydrogens is 287 g/mol. The average Bonchev–Trinajstić information content (AvgIpc) is 2.84. The Labute approximate surface area is 109 Å². The molecule has 1 unspecified atom stereocenters. The molecule has 0 saturated carbocycles. The van der Waals surface area contributed by atoms with E-state index in [0.29, 0.717) is 17.7 Å². The van der Waals surface area contributed by atoms with E-state index in [0.717, 1.165) is 31.4 Å². The molecule has 1 aromatic carbocycles. The van der Waals surface area contributed by atoms with E-state index >= 15 is 0 Å². The Bertz CT molecular complexity index is 364. The van der Waals surface area contributed by atoms with Gasteiger partial charge in [-0.25, -0.2) is 4.39 Å². The summed E-state index contributed by atoms with van der Waals surface area (Å²) in [5, 5.41) is 0.597. The van der Waals surface area contributed by atoms with E-state index in [4.69, 9.17) is 9.47 Å². The minimum atomic E-state index is -0.297. The summed E-state index contributed by atoms with van der Waals surface area (Å²) in [4.78, 5) is 0. The molecule has 0 radical (unpaired) electrons. The Morgan fingerprint density at radius 2 is 2.35 bits per heavy atom. The van der Waals surface area contributed by atoms with Gasteiger partial charge in [0, 0.05) is 23.9 Å². The number of hydrogen-bond acceptors (Lipinski definition) is 2. The highest BCUT2D eigenvalue weighted by atomic mass is 79.9. The first-order chi connectivity index (χ1) is 8.31. The monoisotopic (exact) mass is 302 g/mol. The second-order valence-corrected chi connectivity index (χ2v) is 4.69. The van der Waals surface area contributed by atoms with Gasteiger partial charge in [-0.05, 0) is 18.9 Å². The van der Waals surface area contributed by atoms with Crippen molar-refractivity contribution < 1.29 is 13.9 Å². The van der Waals surface area contributed by atoms with Crippen LogP contribution in [0.2, 0.25) is 0 Å². The van der Waals surface area contributed by atoms with Crippen LogP contribution >= 0.6 is 15.9 Å². The minimum Gasteiger partial charge on any atom is -0.490 e. The largest absolute Gasteiger partial charge is 0.490 e. The molecule has 4 heteroatoms. The van der Waals surface area contributed by atoms with Crippen molar-refractivity contribution >= 4 is 15.9 Å². The molecule has 17 heavy (non-hydrogen) atoms. The second-order valence-electron chi connectivity index (χ2n) is 4.13. The molecule has 94 valence electrons. The smallest absolute Gasteiger partial charge is 0.165 e. The van der Waals surface area contributed by atoms with E-state index in [2.05, 4.69) is 15.9 Å². The highest BCUT2D eigenvalue weighted by molar-refractivity contribution is 9.08. The van der Waals surface area contributed by atoms with E-state index in [1.807, 2.05) is 6.07 Å². The van der Waals surface area contributed by atoms with Gasteiger partial charge in [-0.1, -0.05) is 28.1 Å². The van der Waals surface area contributed by atoms with Gasteiger partial charge in [0.1, 0.15) is 0 Å². The van der Waals surface area contributed by atoms with Crippen molar-refractivity contribution in [3.8, 4) is 5.75 Å². The fourth-order valence-electron chi connectivity index (χ4n) is 1.98. The van der Waals surface area contributed by atoms with Gasteiger partial charge >= 0.3 is 0 Å². The van der Waals surface area contributed by atoms with Crippen LogP contribution in [-0.2, 0) is 10.1 Å². The Hall–Kier alpha value is -0.610.